The van der Waals surface area contributed by atoms with Crippen LogP contribution in [0, 0.1) is 3.57 Å². The standard InChI is InChI=1S/C23H27IN2O5S/c1-3-11-31-21-17(24)12-16(13-18(21)30-4-2)14-19-22(28)26(23(29)32-19)15-20(27)25-9-7-5-6-8-10-25/h3,12-14H,1,4-11,15H2,2H3. The lowest BCUT2D eigenvalue weighted by Crippen LogP contribution is -2.42. The predicted molar refractivity (Wildman–Crippen MR) is 134 cm³/mol. The van der Waals surface area contributed by atoms with Gasteiger partial charge in [-0.15, -0.1) is 0 Å². The third-order valence-electron chi connectivity index (χ3n) is 5.10. The van der Waals surface area contributed by atoms with Crippen LogP contribution in [0.25, 0.3) is 6.08 Å². The van der Waals surface area contributed by atoms with Crippen molar-refractivity contribution in [2.75, 3.05) is 32.8 Å². The minimum absolute atomic E-state index is 0.174. The highest BCUT2D eigenvalue weighted by atomic mass is 127. The number of halogens is 1. The molecule has 0 N–H and O–H groups in total. The van der Waals surface area contributed by atoms with E-state index in [4.69, 9.17) is 9.47 Å². The number of benzene rings is 1. The molecule has 2 aliphatic rings. The van der Waals surface area contributed by atoms with Crippen molar-refractivity contribution in [1.82, 2.24) is 9.80 Å². The van der Waals surface area contributed by atoms with Gasteiger partial charge in [-0.3, -0.25) is 19.3 Å². The molecule has 7 nitrogen and oxygen atoms in total. The molecule has 0 saturated carbocycles. The Morgan fingerprint density at radius 3 is 2.56 bits per heavy atom. The van der Waals surface area contributed by atoms with Crippen LogP contribution >= 0.6 is 34.4 Å². The molecule has 2 saturated heterocycles. The van der Waals surface area contributed by atoms with Gasteiger partial charge >= 0.3 is 0 Å². The van der Waals surface area contributed by atoms with Gasteiger partial charge in [0.2, 0.25) is 5.91 Å². The van der Waals surface area contributed by atoms with E-state index in [2.05, 4.69) is 29.2 Å². The van der Waals surface area contributed by atoms with Crippen LogP contribution in [0.3, 0.4) is 0 Å². The van der Waals surface area contributed by atoms with Crippen LogP contribution in [0.15, 0.2) is 29.7 Å². The van der Waals surface area contributed by atoms with Gasteiger partial charge in [0.15, 0.2) is 11.5 Å². The molecule has 2 aliphatic heterocycles. The second-order valence-corrected chi connectivity index (χ2v) is 9.58. The van der Waals surface area contributed by atoms with E-state index >= 15 is 0 Å². The van der Waals surface area contributed by atoms with E-state index in [1.807, 2.05) is 13.0 Å². The van der Waals surface area contributed by atoms with E-state index in [1.165, 1.54) is 0 Å². The van der Waals surface area contributed by atoms with Crippen molar-refractivity contribution in [2.45, 2.75) is 32.6 Å². The molecule has 9 heteroatoms. The average Bonchev–Trinajstić information content (AvgIpc) is 2.96. The van der Waals surface area contributed by atoms with Crippen molar-refractivity contribution in [1.29, 1.82) is 0 Å². The van der Waals surface area contributed by atoms with Crippen LogP contribution < -0.4 is 9.47 Å². The molecular weight excluding hydrogens is 543 g/mol. The third kappa shape index (κ3) is 6.06. The van der Waals surface area contributed by atoms with Gasteiger partial charge in [-0.2, -0.15) is 0 Å². The van der Waals surface area contributed by atoms with Crippen molar-refractivity contribution < 1.29 is 23.9 Å². The van der Waals surface area contributed by atoms with Gasteiger partial charge in [0.25, 0.3) is 11.1 Å². The molecule has 0 aliphatic carbocycles. The fraction of sp³-hybridized carbons (Fsp3) is 0.435. The number of hydrogen-bond donors (Lipinski definition) is 0. The molecule has 172 valence electrons. The summed E-state index contributed by atoms with van der Waals surface area (Å²) in [6.45, 7) is 7.50. The topological polar surface area (TPSA) is 76.2 Å². The highest BCUT2D eigenvalue weighted by Gasteiger charge is 2.37. The lowest BCUT2D eigenvalue weighted by Gasteiger charge is -2.22. The molecule has 32 heavy (non-hydrogen) atoms. The largest absolute Gasteiger partial charge is 0.490 e. The maximum Gasteiger partial charge on any atom is 0.294 e. The van der Waals surface area contributed by atoms with Crippen LogP contribution in [0.2, 0.25) is 0 Å². The molecule has 1 aromatic carbocycles. The number of carbonyl (C=O) groups excluding carboxylic acids is 3. The zero-order valence-corrected chi connectivity index (χ0v) is 21.1. The Bertz CT molecular complexity index is 925. The lowest BCUT2D eigenvalue weighted by atomic mass is 10.2. The van der Waals surface area contributed by atoms with E-state index in [0.29, 0.717) is 43.4 Å². The number of ether oxygens (including phenoxy) is 2. The first kappa shape index (κ1) is 24.6. The molecule has 2 fully saturated rings. The van der Waals surface area contributed by atoms with Gasteiger partial charge in [0.1, 0.15) is 13.2 Å². The van der Waals surface area contributed by atoms with E-state index in [1.54, 1.807) is 23.1 Å². The highest BCUT2D eigenvalue weighted by molar-refractivity contribution is 14.1. The van der Waals surface area contributed by atoms with Gasteiger partial charge in [0.05, 0.1) is 15.1 Å². The van der Waals surface area contributed by atoms with Crippen LogP contribution in [-0.4, -0.2) is 59.7 Å². The number of imide groups is 1. The Morgan fingerprint density at radius 2 is 1.91 bits per heavy atom. The molecule has 0 unspecified atom stereocenters. The Kier molecular flexibility index (Phi) is 9.03. The molecule has 0 aromatic heterocycles. The maximum atomic E-state index is 12.9. The minimum atomic E-state index is -0.442. The molecule has 0 atom stereocenters. The van der Waals surface area contributed by atoms with Crippen LogP contribution in [0.5, 0.6) is 11.5 Å². The summed E-state index contributed by atoms with van der Waals surface area (Å²) >= 11 is 3.00. The fourth-order valence-corrected chi connectivity index (χ4v) is 5.18. The first-order valence-electron chi connectivity index (χ1n) is 10.7. The summed E-state index contributed by atoms with van der Waals surface area (Å²) < 4.78 is 12.2. The van der Waals surface area contributed by atoms with E-state index in [-0.39, 0.29) is 17.4 Å². The summed E-state index contributed by atoms with van der Waals surface area (Å²) in [6.07, 6.45) is 7.44. The van der Waals surface area contributed by atoms with Gasteiger partial charge in [-0.1, -0.05) is 25.5 Å². The first-order valence-corrected chi connectivity index (χ1v) is 12.6. The first-order chi connectivity index (χ1) is 15.4. The average molecular weight is 570 g/mol. The molecule has 3 rings (SSSR count). The van der Waals surface area contributed by atoms with Crippen LogP contribution in [-0.2, 0) is 9.59 Å². The number of thioether (sulfide) groups is 1. The Balaban J connectivity index is 1.77. The zero-order valence-electron chi connectivity index (χ0n) is 18.1. The van der Waals surface area contributed by atoms with Crippen LogP contribution in [0.4, 0.5) is 4.79 Å². The maximum absolute atomic E-state index is 12.9. The predicted octanol–water partition coefficient (Wildman–Crippen LogP) is 4.69. The number of nitrogens with zero attached hydrogens (tertiary/aromatic N) is 2. The van der Waals surface area contributed by atoms with Gasteiger partial charge in [-0.25, -0.2) is 0 Å². The Labute approximate surface area is 206 Å². The number of rotatable bonds is 8. The van der Waals surface area contributed by atoms with Gasteiger partial charge in [0, 0.05) is 13.1 Å². The lowest BCUT2D eigenvalue weighted by molar-refractivity contribution is -0.135. The Morgan fingerprint density at radius 1 is 1.19 bits per heavy atom. The van der Waals surface area contributed by atoms with Crippen molar-refractivity contribution in [2.24, 2.45) is 0 Å². The number of hydrogen-bond acceptors (Lipinski definition) is 6. The van der Waals surface area contributed by atoms with E-state index in [9.17, 15) is 14.4 Å². The zero-order chi connectivity index (χ0) is 23.1. The van der Waals surface area contributed by atoms with Crippen molar-refractivity contribution in [3.63, 3.8) is 0 Å². The van der Waals surface area contributed by atoms with E-state index < -0.39 is 11.1 Å². The molecule has 0 bridgehead atoms. The second kappa shape index (κ2) is 11.7. The van der Waals surface area contributed by atoms with Crippen molar-refractivity contribution in [3.8, 4) is 11.5 Å². The molecular formula is C23H27IN2O5S. The summed E-state index contributed by atoms with van der Waals surface area (Å²) in [5.74, 6) is 0.555. The fourth-order valence-electron chi connectivity index (χ4n) is 3.56. The second-order valence-electron chi connectivity index (χ2n) is 7.43. The smallest absolute Gasteiger partial charge is 0.294 e. The normalized spacial score (nSPS) is 18.1. The number of carbonyl (C=O) groups is 3. The molecule has 3 amide bonds. The van der Waals surface area contributed by atoms with E-state index in [0.717, 1.165) is 45.9 Å². The quantitative estimate of drug-likeness (QED) is 0.257. The Hall–Kier alpha value is -2.01. The van der Waals surface area contributed by atoms with Crippen molar-refractivity contribution >= 4 is 57.5 Å². The number of amides is 3. The molecule has 0 spiro atoms. The highest BCUT2D eigenvalue weighted by Crippen LogP contribution is 2.37. The third-order valence-corrected chi connectivity index (χ3v) is 6.81. The number of likely N-dealkylation sites (tertiary alicyclic amines) is 1. The minimum Gasteiger partial charge on any atom is -0.490 e. The SMILES string of the molecule is C=CCOc1c(I)cc(C=C2SC(=O)N(CC(=O)N3CCCCCC3)C2=O)cc1OCC. The summed E-state index contributed by atoms with van der Waals surface area (Å²) in [5, 5.41) is -0.421. The molecule has 2 heterocycles. The molecule has 0 radical (unpaired) electrons. The summed E-state index contributed by atoms with van der Waals surface area (Å²) in [4.78, 5) is 41.1. The summed E-state index contributed by atoms with van der Waals surface area (Å²) in [5.41, 5.74) is 0.716. The van der Waals surface area contributed by atoms with Gasteiger partial charge in [-0.05, 0) is 77.9 Å². The summed E-state index contributed by atoms with van der Waals surface area (Å²) in [6, 6.07) is 3.64. The summed E-state index contributed by atoms with van der Waals surface area (Å²) in [7, 11) is 0. The van der Waals surface area contributed by atoms with Gasteiger partial charge < -0.3 is 14.4 Å². The van der Waals surface area contributed by atoms with Crippen LogP contribution in [0.1, 0.15) is 38.2 Å². The van der Waals surface area contributed by atoms with Crippen molar-refractivity contribution in [3.05, 3.63) is 38.8 Å². The molecule has 1 aromatic rings. The monoisotopic (exact) mass is 570 g/mol.